The second-order valence-electron chi connectivity index (χ2n) is 6.85. The van der Waals surface area contributed by atoms with Gasteiger partial charge in [0.25, 0.3) is 11.6 Å². The van der Waals surface area contributed by atoms with Crippen molar-refractivity contribution in [3.8, 4) is 0 Å². The van der Waals surface area contributed by atoms with Crippen molar-refractivity contribution in [1.29, 1.82) is 0 Å². The smallest absolute Gasteiger partial charge is 0.273 e. The first-order valence-corrected chi connectivity index (χ1v) is 8.86. The van der Waals surface area contributed by atoms with Gasteiger partial charge in [-0.25, -0.2) is 0 Å². The number of hydrogen-bond acceptors (Lipinski definition) is 4. The minimum absolute atomic E-state index is 0.0454. The fraction of sp³-hybridized carbons (Fsp3) is 0.350. The molecule has 1 saturated heterocycles. The Morgan fingerprint density at radius 2 is 1.85 bits per heavy atom. The van der Waals surface area contributed by atoms with Crippen molar-refractivity contribution in [2.75, 3.05) is 23.3 Å². The molecule has 0 unspecified atom stereocenters. The summed E-state index contributed by atoms with van der Waals surface area (Å²) in [5.41, 5.74) is 2.38. The molecule has 136 valence electrons. The zero-order chi connectivity index (χ0) is 18.7. The minimum atomic E-state index is -0.463. The fourth-order valence-electron chi connectivity index (χ4n) is 3.36. The third-order valence-electron chi connectivity index (χ3n) is 5.02. The first-order chi connectivity index (χ1) is 12.5. The molecule has 1 heterocycles. The Hall–Kier alpha value is -2.89. The number of benzene rings is 2. The van der Waals surface area contributed by atoms with Gasteiger partial charge >= 0.3 is 0 Å². The average molecular weight is 353 g/mol. The fourth-order valence-corrected chi connectivity index (χ4v) is 3.36. The number of amides is 1. The van der Waals surface area contributed by atoms with Crippen LogP contribution in [0.25, 0.3) is 0 Å². The standard InChI is InChI=1S/C20H23N3O3/c1-14-10-12-22(13-11-14)19-8-4-3-7-17(19)21-20(24)16-6-5-9-18(15(16)2)23(25)26/h3-9,14H,10-13H2,1-2H3,(H,21,24). The normalized spacial score (nSPS) is 14.9. The van der Waals surface area contributed by atoms with Crippen molar-refractivity contribution >= 4 is 23.0 Å². The van der Waals surface area contributed by atoms with E-state index in [-0.39, 0.29) is 11.6 Å². The molecule has 0 atom stereocenters. The predicted octanol–water partition coefficient (Wildman–Crippen LogP) is 4.39. The van der Waals surface area contributed by atoms with E-state index in [0.29, 0.717) is 11.1 Å². The number of piperidine rings is 1. The van der Waals surface area contributed by atoms with Crippen molar-refractivity contribution < 1.29 is 9.72 Å². The van der Waals surface area contributed by atoms with E-state index in [2.05, 4.69) is 17.1 Å². The van der Waals surface area contributed by atoms with E-state index in [4.69, 9.17) is 0 Å². The molecule has 0 saturated carbocycles. The Balaban J connectivity index is 1.85. The first-order valence-electron chi connectivity index (χ1n) is 8.86. The SMILES string of the molecule is Cc1c(C(=O)Nc2ccccc2N2CCC(C)CC2)cccc1[N+](=O)[O-]. The third-order valence-corrected chi connectivity index (χ3v) is 5.02. The topological polar surface area (TPSA) is 75.5 Å². The molecule has 3 rings (SSSR count). The van der Waals surface area contributed by atoms with Gasteiger partial charge in [0.05, 0.1) is 16.3 Å². The summed E-state index contributed by atoms with van der Waals surface area (Å²) in [4.78, 5) is 25.7. The van der Waals surface area contributed by atoms with E-state index < -0.39 is 4.92 Å². The zero-order valence-corrected chi connectivity index (χ0v) is 15.1. The summed E-state index contributed by atoms with van der Waals surface area (Å²) in [6.45, 7) is 5.79. The van der Waals surface area contributed by atoms with Crippen LogP contribution < -0.4 is 10.2 Å². The van der Waals surface area contributed by atoms with Crippen LogP contribution in [0.1, 0.15) is 35.7 Å². The summed E-state index contributed by atoms with van der Waals surface area (Å²) in [6, 6.07) is 12.3. The molecule has 1 fully saturated rings. The molecule has 2 aromatic carbocycles. The molecule has 2 aromatic rings. The van der Waals surface area contributed by atoms with Crippen LogP contribution >= 0.6 is 0 Å². The predicted molar refractivity (Wildman–Crippen MR) is 103 cm³/mol. The molecule has 1 aliphatic heterocycles. The van der Waals surface area contributed by atoms with Gasteiger partial charge in [-0.15, -0.1) is 0 Å². The Labute approximate surface area is 153 Å². The summed E-state index contributed by atoms with van der Waals surface area (Å²) in [5.74, 6) is 0.393. The maximum atomic E-state index is 12.7. The highest BCUT2D eigenvalue weighted by Gasteiger charge is 2.21. The van der Waals surface area contributed by atoms with Crippen molar-refractivity contribution in [2.45, 2.75) is 26.7 Å². The van der Waals surface area contributed by atoms with Gasteiger partial charge in [0.1, 0.15) is 0 Å². The first kappa shape index (κ1) is 17.9. The van der Waals surface area contributed by atoms with Crippen LogP contribution in [0.3, 0.4) is 0 Å². The largest absolute Gasteiger partial charge is 0.370 e. The maximum Gasteiger partial charge on any atom is 0.273 e. The van der Waals surface area contributed by atoms with Crippen LogP contribution in [0.15, 0.2) is 42.5 Å². The number of nitro benzene ring substituents is 1. The number of rotatable bonds is 4. The highest BCUT2D eigenvalue weighted by molar-refractivity contribution is 6.07. The lowest BCUT2D eigenvalue weighted by Gasteiger charge is -2.33. The Morgan fingerprint density at radius 3 is 2.54 bits per heavy atom. The van der Waals surface area contributed by atoms with Gasteiger partial charge < -0.3 is 10.2 Å². The van der Waals surface area contributed by atoms with Gasteiger partial charge in [0.2, 0.25) is 0 Å². The molecule has 0 bridgehead atoms. The van der Waals surface area contributed by atoms with Crippen LogP contribution in [-0.4, -0.2) is 23.9 Å². The number of hydrogen-bond donors (Lipinski definition) is 1. The number of nitro groups is 1. The summed E-state index contributed by atoms with van der Waals surface area (Å²) in [5, 5.41) is 14.0. The van der Waals surface area contributed by atoms with Crippen molar-refractivity contribution in [3.05, 3.63) is 63.7 Å². The molecule has 1 N–H and O–H groups in total. The van der Waals surface area contributed by atoms with E-state index >= 15 is 0 Å². The molecule has 0 aromatic heterocycles. The van der Waals surface area contributed by atoms with E-state index in [9.17, 15) is 14.9 Å². The molecule has 26 heavy (non-hydrogen) atoms. The number of anilines is 2. The minimum Gasteiger partial charge on any atom is -0.370 e. The monoisotopic (exact) mass is 353 g/mol. The molecule has 0 radical (unpaired) electrons. The van der Waals surface area contributed by atoms with Gasteiger partial charge in [-0.3, -0.25) is 14.9 Å². The summed E-state index contributed by atoms with van der Waals surface area (Å²) in [7, 11) is 0. The van der Waals surface area contributed by atoms with Gasteiger partial charge in [-0.05, 0) is 43.9 Å². The van der Waals surface area contributed by atoms with Gasteiger partial charge in [-0.1, -0.05) is 25.1 Å². The molecule has 6 heteroatoms. The molecular weight excluding hydrogens is 330 g/mol. The number of nitrogens with zero attached hydrogens (tertiary/aromatic N) is 2. The Bertz CT molecular complexity index is 827. The maximum absolute atomic E-state index is 12.7. The third kappa shape index (κ3) is 3.69. The van der Waals surface area contributed by atoms with Crippen LogP contribution in [0.5, 0.6) is 0 Å². The van der Waals surface area contributed by atoms with Crippen molar-refractivity contribution in [3.63, 3.8) is 0 Å². The van der Waals surface area contributed by atoms with Crippen LogP contribution in [-0.2, 0) is 0 Å². The van der Waals surface area contributed by atoms with E-state index in [0.717, 1.165) is 43.2 Å². The van der Waals surface area contributed by atoms with Crippen LogP contribution in [0.4, 0.5) is 17.1 Å². The summed E-state index contributed by atoms with van der Waals surface area (Å²) < 4.78 is 0. The Morgan fingerprint density at radius 1 is 1.15 bits per heavy atom. The van der Waals surface area contributed by atoms with E-state index in [1.54, 1.807) is 13.0 Å². The van der Waals surface area contributed by atoms with Gasteiger partial charge in [0.15, 0.2) is 0 Å². The summed E-state index contributed by atoms with van der Waals surface area (Å²) >= 11 is 0. The molecule has 0 spiro atoms. The average Bonchev–Trinajstić information content (AvgIpc) is 2.63. The number of nitrogens with one attached hydrogen (secondary N) is 1. The second kappa shape index (κ2) is 7.56. The number of carbonyl (C=O) groups excluding carboxylic acids is 1. The Kier molecular flexibility index (Phi) is 5.21. The van der Waals surface area contributed by atoms with E-state index in [1.165, 1.54) is 12.1 Å². The lowest BCUT2D eigenvalue weighted by Crippen LogP contribution is -2.33. The number of carbonyl (C=O) groups is 1. The van der Waals surface area contributed by atoms with Gasteiger partial charge in [-0.2, -0.15) is 0 Å². The molecule has 0 aliphatic carbocycles. The summed E-state index contributed by atoms with van der Waals surface area (Å²) in [6.07, 6.45) is 2.26. The highest BCUT2D eigenvalue weighted by Crippen LogP contribution is 2.30. The lowest BCUT2D eigenvalue weighted by molar-refractivity contribution is -0.385. The van der Waals surface area contributed by atoms with Crippen molar-refractivity contribution in [2.24, 2.45) is 5.92 Å². The lowest BCUT2D eigenvalue weighted by atomic mass is 9.98. The zero-order valence-electron chi connectivity index (χ0n) is 15.1. The quantitative estimate of drug-likeness (QED) is 0.653. The second-order valence-corrected chi connectivity index (χ2v) is 6.85. The molecule has 1 amide bonds. The van der Waals surface area contributed by atoms with Crippen LogP contribution in [0, 0.1) is 23.0 Å². The highest BCUT2D eigenvalue weighted by atomic mass is 16.6. The van der Waals surface area contributed by atoms with Gasteiger partial charge in [0, 0.05) is 30.3 Å². The molecule has 1 aliphatic rings. The molecular formula is C20H23N3O3. The number of para-hydroxylation sites is 2. The van der Waals surface area contributed by atoms with Crippen molar-refractivity contribution in [1.82, 2.24) is 0 Å². The van der Waals surface area contributed by atoms with E-state index in [1.807, 2.05) is 24.3 Å². The van der Waals surface area contributed by atoms with Crippen LogP contribution in [0.2, 0.25) is 0 Å². The molecule has 6 nitrogen and oxygen atoms in total.